The average Bonchev–Trinajstić information content (AvgIpc) is 2.55. The molecule has 0 saturated heterocycles. The Bertz CT molecular complexity index is 459. The molecule has 0 unspecified atom stereocenters. The van der Waals surface area contributed by atoms with Gasteiger partial charge >= 0.3 is 14.8 Å². The molecular weight excluding hydrogens is 292 g/mol. The largest absolute Gasteiger partial charge is 0.539 e. The van der Waals surface area contributed by atoms with Crippen molar-refractivity contribution in [3.05, 3.63) is 35.9 Å². The highest BCUT2D eigenvalue weighted by atomic mass is 28.4. The lowest BCUT2D eigenvalue weighted by molar-refractivity contribution is -0.137. The average molecular weight is 312 g/mol. The van der Waals surface area contributed by atoms with Gasteiger partial charge in [0.1, 0.15) is 5.75 Å². The fourth-order valence-corrected chi connectivity index (χ4v) is 2.69. The van der Waals surface area contributed by atoms with E-state index in [0.29, 0.717) is 0 Å². The molecular formula is C14H20O6Si. The zero-order chi connectivity index (χ0) is 15.7. The van der Waals surface area contributed by atoms with E-state index < -0.39 is 14.8 Å². The Morgan fingerprint density at radius 1 is 1.05 bits per heavy atom. The molecule has 0 bridgehead atoms. The van der Waals surface area contributed by atoms with Gasteiger partial charge in [0.05, 0.1) is 7.11 Å². The summed E-state index contributed by atoms with van der Waals surface area (Å²) in [6, 6.07) is 7.29. The lowest BCUT2D eigenvalue weighted by Crippen LogP contribution is -2.48. The van der Waals surface area contributed by atoms with Crippen LogP contribution in [0.1, 0.15) is 5.56 Å². The number of esters is 1. The summed E-state index contributed by atoms with van der Waals surface area (Å²) >= 11 is 0. The molecule has 7 heteroatoms. The third kappa shape index (κ3) is 5.31. The molecule has 1 aromatic carbocycles. The molecule has 0 aliphatic heterocycles. The maximum absolute atomic E-state index is 11.7. The maximum atomic E-state index is 11.7. The maximum Gasteiger partial charge on any atom is 0.539 e. The van der Waals surface area contributed by atoms with Crippen LogP contribution in [0.2, 0.25) is 0 Å². The number of carbonyl (C=O) groups excluding carboxylic acids is 1. The summed E-state index contributed by atoms with van der Waals surface area (Å²) in [6.45, 7) is 0. The van der Waals surface area contributed by atoms with Crippen molar-refractivity contribution in [2.75, 3.05) is 34.7 Å². The van der Waals surface area contributed by atoms with Gasteiger partial charge in [0.15, 0.2) is 6.23 Å². The Balaban J connectivity index is 2.54. The van der Waals surface area contributed by atoms with Crippen LogP contribution in [0.25, 0.3) is 6.08 Å². The molecule has 6 nitrogen and oxygen atoms in total. The van der Waals surface area contributed by atoms with Gasteiger partial charge in [-0.05, 0) is 23.8 Å². The third-order valence-electron chi connectivity index (χ3n) is 2.85. The second-order valence-electron chi connectivity index (χ2n) is 4.01. The highest BCUT2D eigenvalue weighted by molar-refractivity contribution is 6.60. The van der Waals surface area contributed by atoms with Crippen LogP contribution in [0.3, 0.4) is 0 Å². The molecule has 0 amide bonds. The molecule has 0 aliphatic rings. The van der Waals surface area contributed by atoms with Gasteiger partial charge in [-0.3, -0.25) is 0 Å². The van der Waals surface area contributed by atoms with Crippen molar-refractivity contribution in [3.63, 3.8) is 0 Å². The summed E-state index contributed by atoms with van der Waals surface area (Å²) in [4.78, 5) is 11.7. The number of hydrogen-bond acceptors (Lipinski definition) is 6. The van der Waals surface area contributed by atoms with Gasteiger partial charge in [-0.25, -0.2) is 4.79 Å². The molecule has 0 N–H and O–H groups in total. The van der Waals surface area contributed by atoms with Crippen molar-refractivity contribution in [3.8, 4) is 5.75 Å². The summed E-state index contributed by atoms with van der Waals surface area (Å²) < 4.78 is 25.6. The quantitative estimate of drug-likeness (QED) is 0.413. The minimum Gasteiger partial charge on any atom is -0.497 e. The molecule has 0 fully saturated rings. The zero-order valence-electron chi connectivity index (χ0n) is 12.6. The fourth-order valence-electron chi connectivity index (χ4n) is 1.51. The molecule has 116 valence electrons. The second-order valence-corrected chi connectivity index (χ2v) is 6.89. The van der Waals surface area contributed by atoms with E-state index in [4.69, 9.17) is 22.8 Å². The first-order valence-corrected chi connectivity index (χ1v) is 8.16. The smallest absolute Gasteiger partial charge is 0.497 e. The molecule has 0 heterocycles. The van der Waals surface area contributed by atoms with E-state index in [1.54, 1.807) is 13.2 Å². The first-order chi connectivity index (χ1) is 10.1. The van der Waals surface area contributed by atoms with E-state index in [-0.39, 0.29) is 6.23 Å². The third-order valence-corrected chi connectivity index (χ3v) is 5.22. The van der Waals surface area contributed by atoms with Gasteiger partial charge in [-0.2, -0.15) is 0 Å². The van der Waals surface area contributed by atoms with E-state index in [1.807, 2.05) is 24.3 Å². The van der Waals surface area contributed by atoms with Crippen molar-refractivity contribution in [2.24, 2.45) is 0 Å². The van der Waals surface area contributed by atoms with Crippen LogP contribution < -0.4 is 4.74 Å². The number of benzene rings is 1. The summed E-state index contributed by atoms with van der Waals surface area (Å²) in [5.74, 6) is 0.264. The predicted octanol–water partition coefficient (Wildman–Crippen LogP) is 1.67. The summed E-state index contributed by atoms with van der Waals surface area (Å²) in [6.07, 6.45) is 2.95. The standard InChI is InChI=1S/C14H20O6Si/c1-16-13-8-5-12(6-9-13)7-10-14(15)20-11-21(17-2,18-3)19-4/h5-10H,11H2,1-4H3. The van der Waals surface area contributed by atoms with E-state index in [2.05, 4.69) is 0 Å². The van der Waals surface area contributed by atoms with Crippen LogP contribution >= 0.6 is 0 Å². The van der Waals surface area contributed by atoms with Crippen molar-refractivity contribution in [1.29, 1.82) is 0 Å². The van der Waals surface area contributed by atoms with Gasteiger partial charge in [-0.15, -0.1) is 0 Å². The molecule has 1 rings (SSSR count). The van der Waals surface area contributed by atoms with Crippen molar-refractivity contribution >= 4 is 20.8 Å². The number of hydrogen-bond donors (Lipinski definition) is 0. The van der Waals surface area contributed by atoms with Crippen LogP contribution in [-0.4, -0.2) is 49.4 Å². The lowest BCUT2D eigenvalue weighted by Gasteiger charge is -2.23. The van der Waals surface area contributed by atoms with Gasteiger partial charge in [0, 0.05) is 27.4 Å². The first-order valence-electron chi connectivity index (χ1n) is 6.23. The minimum atomic E-state index is -2.89. The Hall–Kier alpha value is -1.67. The molecule has 0 spiro atoms. The van der Waals surface area contributed by atoms with E-state index in [1.165, 1.54) is 27.4 Å². The number of methoxy groups -OCH3 is 1. The molecule has 1 aromatic rings. The molecule has 0 aliphatic carbocycles. The van der Waals surface area contributed by atoms with Crippen molar-refractivity contribution in [2.45, 2.75) is 0 Å². The zero-order valence-corrected chi connectivity index (χ0v) is 13.6. The molecule has 0 radical (unpaired) electrons. The van der Waals surface area contributed by atoms with Gasteiger partial charge < -0.3 is 22.8 Å². The number of rotatable bonds is 8. The van der Waals surface area contributed by atoms with Crippen molar-refractivity contribution in [1.82, 2.24) is 0 Å². The molecule has 0 saturated carbocycles. The topological polar surface area (TPSA) is 63.2 Å². The van der Waals surface area contributed by atoms with E-state index in [9.17, 15) is 4.79 Å². The van der Waals surface area contributed by atoms with Crippen molar-refractivity contribution < 1.29 is 27.5 Å². The molecule has 21 heavy (non-hydrogen) atoms. The summed E-state index contributed by atoms with van der Waals surface area (Å²) in [5, 5.41) is 0. The first kappa shape index (κ1) is 17.4. The van der Waals surface area contributed by atoms with Crippen LogP contribution in [0.4, 0.5) is 0 Å². The molecule has 0 aromatic heterocycles. The Kier molecular flexibility index (Phi) is 7.10. The number of ether oxygens (including phenoxy) is 2. The summed E-state index contributed by atoms with van der Waals surface area (Å²) in [5.41, 5.74) is 0.862. The van der Waals surface area contributed by atoms with Crippen LogP contribution in [0.5, 0.6) is 5.75 Å². The minimum absolute atomic E-state index is 0.0394. The van der Waals surface area contributed by atoms with Gasteiger partial charge in [0.25, 0.3) is 0 Å². The predicted molar refractivity (Wildman–Crippen MR) is 79.8 cm³/mol. The highest BCUT2D eigenvalue weighted by Gasteiger charge is 2.39. The lowest BCUT2D eigenvalue weighted by atomic mass is 10.2. The normalized spacial score (nSPS) is 11.6. The fraction of sp³-hybridized carbons (Fsp3) is 0.357. The highest BCUT2D eigenvalue weighted by Crippen LogP contribution is 2.12. The number of carbonyl (C=O) groups is 1. The second kappa shape index (κ2) is 8.58. The van der Waals surface area contributed by atoms with Crippen LogP contribution in [-0.2, 0) is 22.8 Å². The van der Waals surface area contributed by atoms with Crippen LogP contribution in [0, 0.1) is 0 Å². The monoisotopic (exact) mass is 312 g/mol. The van der Waals surface area contributed by atoms with E-state index in [0.717, 1.165) is 11.3 Å². The van der Waals surface area contributed by atoms with E-state index >= 15 is 0 Å². The van der Waals surface area contributed by atoms with Gasteiger partial charge in [0.2, 0.25) is 0 Å². The Morgan fingerprint density at radius 3 is 2.10 bits per heavy atom. The summed E-state index contributed by atoms with van der Waals surface area (Å²) in [7, 11) is 3.08. The Labute approximate surface area is 125 Å². The Morgan fingerprint density at radius 2 is 1.62 bits per heavy atom. The molecule has 0 atom stereocenters. The SMILES string of the molecule is COc1ccc(C=CC(=O)OC[Si](OC)(OC)OC)cc1. The van der Waals surface area contributed by atoms with Crippen LogP contribution in [0.15, 0.2) is 30.3 Å². The van der Waals surface area contributed by atoms with Gasteiger partial charge in [-0.1, -0.05) is 12.1 Å².